The van der Waals surface area contributed by atoms with E-state index in [-0.39, 0.29) is 5.41 Å². The number of hydrogen-bond donors (Lipinski definition) is 2. The number of fused-ring (bicyclic) bond motifs is 5. The fraction of sp³-hybridized carbons (Fsp3) is 0.667. The zero-order chi connectivity index (χ0) is 20.4. The Morgan fingerprint density at radius 3 is 2.93 bits per heavy atom. The smallest absolute Gasteiger partial charge is 0.186 e. The second-order valence-corrected chi connectivity index (χ2v) is 9.66. The van der Waals surface area contributed by atoms with Gasteiger partial charge >= 0.3 is 0 Å². The predicted molar refractivity (Wildman–Crippen MR) is 124 cm³/mol. The molecule has 0 aliphatic heterocycles. The van der Waals surface area contributed by atoms with Crippen molar-refractivity contribution in [1.29, 1.82) is 0 Å². The van der Waals surface area contributed by atoms with E-state index in [9.17, 15) is 0 Å². The van der Waals surface area contributed by atoms with Crippen molar-refractivity contribution < 1.29 is 4.74 Å². The molecule has 1 aromatic carbocycles. The Labute approximate surface area is 180 Å². The average molecular weight is 414 g/mol. The molecule has 0 spiro atoms. The summed E-state index contributed by atoms with van der Waals surface area (Å²) >= 11 is 5.40. The van der Waals surface area contributed by atoms with Gasteiger partial charge in [0.25, 0.3) is 0 Å². The predicted octanol–water partition coefficient (Wildman–Crippen LogP) is 5.17. The number of nitrogens with one attached hydrogen (secondary N) is 2. The van der Waals surface area contributed by atoms with E-state index in [1.807, 2.05) is 0 Å². The van der Waals surface area contributed by atoms with E-state index < -0.39 is 0 Å². The molecule has 5 heteroatoms. The van der Waals surface area contributed by atoms with Crippen molar-refractivity contribution in [2.45, 2.75) is 71.1 Å². The lowest BCUT2D eigenvalue weighted by Gasteiger charge is -2.49. The normalized spacial score (nSPS) is 31.6. The first-order valence-electron chi connectivity index (χ1n) is 11.3. The summed E-state index contributed by atoms with van der Waals surface area (Å²) < 4.78 is 5.45. The second-order valence-electron chi connectivity index (χ2n) is 9.25. The Balaban J connectivity index is 1.47. The maximum absolute atomic E-state index is 5.45. The minimum atomic E-state index is 0.219. The minimum absolute atomic E-state index is 0.219. The van der Waals surface area contributed by atoms with Crippen molar-refractivity contribution >= 4 is 23.0 Å². The molecule has 29 heavy (non-hydrogen) atoms. The molecule has 4 rings (SSSR count). The number of hydrazone groups is 1. The molecule has 2 saturated carbocycles. The van der Waals surface area contributed by atoms with Gasteiger partial charge in [0.05, 0.1) is 7.11 Å². The van der Waals surface area contributed by atoms with E-state index >= 15 is 0 Å². The Morgan fingerprint density at radius 2 is 2.14 bits per heavy atom. The number of nitrogens with zero attached hydrogens (tertiary/aromatic N) is 1. The molecule has 0 heterocycles. The lowest BCUT2D eigenvalue weighted by molar-refractivity contribution is 0.0954. The zero-order valence-corrected chi connectivity index (χ0v) is 18.9. The molecule has 2 fully saturated rings. The van der Waals surface area contributed by atoms with Crippen LogP contribution in [0.2, 0.25) is 0 Å². The van der Waals surface area contributed by atoms with Crippen LogP contribution >= 0.6 is 12.2 Å². The highest BCUT2D eigenvalue weighted by molar-refractivity contribution is 7.80. The maximum atomic E-state index is 5.45. The number of unbranched alkanes of at least 4 members (excludes halogenated alkanes) is 1. The summed E-state index contributed by atoms with van der Waals surface area (Å²) in [5, 5.41) is 8.73. The summed E-state index contributed by atoms with van der Waals surface area (Å²) in [7, 11) is 1.76. The second kappa shape index (κ2) is 8.63. The standard InChI is InChI=1S/C24H35N3OS/c1-4-5-14-25-23(29)27-26-22-11-10-21-20-8-6-16-15-17(28-3)7-9-18(16)19(20)12-13-24(21,22)2/h7,9,15,19-21H,4-6,8,10-14H2,1-3H3,(H2,25,27,29)/b26-22+. The molecule has 0 aromatic heterocycles. The molecule has 2 N–H and O–H groups in total. The molecular formula is C24H35N3OS. The summed E-state index contributed by atoms with van der Waals surface area (Å²) in [6.07, 6.45) is 9.62. The van der Waals surface area contributed by atoms with Gasteiger partial charge in [-0.05, 0) is 98.2 Å². The van der Waals surface area contributed by atoms with Gasteiger partial charge < -0.3 is 10.1 Å². The third kappa shape index (κ3) is 3.90. The molecule has 1 aromatic rings. The van der Waals surface area contributed by atoms with Crippen LogP contribution in [-0.4, -0.2) is 24.5 Å². The third-order valence-corrected chi connectivity index (χ3v) is 8.02. The van der Waals surface area contributed by atoms with Gasteiger partial charge in [-0.1, -0.05) is 26.3 Å². The molecule has 3 aliphatic carbocycles. The Morgan fingerprint density at radius 1 is 1.28 bits per heavy atom. The molecular weight excluding hydrogens is 378 g/mol. The highest BCUT2D eigenvalue weighted by Crippen LogP contribution is 2.59. The molecule has 0 saturated heterocycles. The van der Waals surface area contributed by atoms with Crippen LogP contribution in [0.15, 0.2) is 23.3 Å². The summed E-state index contributed by atoms with van der Waals surface area (Å²) in [5.41, 5.74) is 7.77. The zero-order valence-electron chi connectivity index (χ0n) is 18.1. The van der Waals surface area contributed by atoms with E-state index in [1.54, 1.807) is 12.7 Å². The van der Waals surface area contributed by atoms with E-state index in [4.69, 9.17) is 22.1 Å². The lowest BCUT2D eigenvalue weighted by Crippen LogP contribution is -2.43. The number of aryl methyl sites for hydroxylation is 1. The molecule has 3 aliphatic rings. The van der Waals surface area contributed by atoms with E-state index in [0.717, 1.165) is 37.0 Å². The van der Waals surface area contributed by atoms with Crippen molar-refractivity contribution in [2.75, 3.05) is 13.7 Å². The summed E-state index contributed by atoms with van der Waals surface area (Å²) in [4.78, 5) is 0. The first-order chi connectivity index (χ1) is 14.1. The first-order valence-corrected chi connectivity index (χ1v) is 11.8. The summed E-state index contributed by atoms with van der Waals surface area (Å²) in [5.74, 6) is 3.20. The van der Waals surface area contributed by atoms with E-state index in [1.165, 1.54) is 49.8 Å². The number of rotatable bonds is 5. The quantitative estimate of drug-likeness (QED) is 0.397. The minimum Gasteiger partial charge on any atom is -0.497 e. The number of hydrogen-bond acceptors (Lipinski definition) is 3. The average Bonchev–Trinajstić information content (AvgIpc) is 3.08. The topological polar surface area (TPSA) is 45.7 Å². The van der Waals surface area contributed by atoms with Gasteiger partial charge in [-0.2, -0.15) is 5.10 Å². The van der Waals surface area contributed by atoms with E-state index in [2.05, 4.69) is 42.8 Å². The SMILES string of the molecule is CCCCNC(=S)N/N=C1\CCC2C3CCc4cc(OC)ccc4C3CCC12C. The van der Waals surface area contributed by atoms with Crippen LogP contribution in [0.3, 0.4) is 0 Å². The monoisotopic (exact) mass is 413 g/mol. The third-order valence-electron chi connectivity index (χ3n) is 7.78. The van der Waals surface area contributed by atoms with Crippen LogP contribution in [0.5, 0.6) is 5.75 Å². The van der Waals surface area contributed by atoms with Crippen LogP contribution < -0.4 is 15.5 Å². The molecule has 4 unspecified atom stereocenters. The molecule has 4 atom stereocenters. The van der Waals surface area contributed by atoms with Gasteiger partial charge in [0.15, 0.2) is 5.11 Å². The first kappa shape index (κ1) is 20.6. The van der Waals surface area contributed by atoms with Crippen LogP contribution in [-0.2, 0) is 6.42 Å². The van der Waals surface area contributed by atoms with Gasteiger partial charge in [0, 0.05) is 17.7 Å². The van der Waals surface area contributed by atoms with Crippen LogP contribution in [0, 0.1) is 17.3 Å². The Bertz CT molecular complexity index is 792. The Kier molecular flexibility index (Phi) is 6.14. The van der Waals surface area contributed by atoms with Crippen molar-refractivity contribution in [1.82, 2.24) is 10.7 Å². The summed E-state index contributed by atoms with van der Waals surface area (Å²) in [6, 6.07) is 6.74. The molecule has 4 nitrogen and oxygen atoms in total. The van der Waals surface area contributed by atoms with Crippen LogP contribution in [0.4, 0.5) is 0 Å². The van der Waals surface area contributed by atoms with Gasteiger partial charge in [-0.25, -0.2) is 0 Å². The largest absolute Gasteiger partial charge is 0.497 e. The van der Waals surface area contributed by atoms with Crippen LogP contribution in [0.1, 0.15) is 75.8 Å². The van der Waals surface area contributed by atoms with Gasteiger partial charge in [-0.15, -0.1) is 0 Å². The van der Waals surface area contributed by atoms with Crippen molar-refractivity contribution in [3.05, 3.63) is 29.3 Å². The van der Waals surface area contributed by atoms with Crippen molar-refractivity contribution in [2.24, 2.45) is 22.4 Å². The maximum Gasteiger partial charge on any atom is 0.186 e. The van der Waals surface area contributed by atoms with Gasteiger partial charge in [-0.3, -0.25) is 5.43 Å². The van der Waals surface area contributed by atoms with Crippen molar-refractivity contribution in [3.8, 4) is 5.75 Å². The highest BCUT2D eigenvalue weighted by atomic mass is 32.1. The number of thiocarbonyl (C=S) groups is 1. The number of benzene rings is 1. The summed E-state index contributed by atoms with van der Waals surface area (Å²) in [6.45, 7) is 5.56. The highest BCUT2D eigenvalue weighted by Gasteiger charge is 2.53. The molecule has 0 amide bonds. The van der Waals surface area contributed by atoms with Crippen LogP contribution in [0.25, 0.3) is 0 Å². The molecule has 0 radical (unpaired) electrons. The van der Waals surface area contributed by atoms with Gasteiger partial charge in [0.1, 0.15) is 5.75 Å². The molecule has 158 valence electrons. The fourth-order valence-electron chi connectivity index (χ4n) is 6.19. The number of methoxy groups -OCH3 is 1. The number of ether oxygens (including phenoxy) is 1. The molecule has 0 bridgehead atoms. The van der Waals surface area contributed by atoms with Gasteiger partial charge in [0.2, 0.25) is 0 Å². The van der Waals surface area contributed by atoms with E-state index in [0.29, 0.717) is 11.0 Å². The Hall–Kier alpha value is -1.62. The van der Waals surface area contributed by atoms with Crippen molar-refractivity contribution in [3.63, 3.8) is 0 Å². The lowest BCUT2D eigenvalue weighted by atomic mass is 9.55. The fourth-order valence-corrected chi connectivity index (χ4v) is 6.34.